The Morgan fingerprint density at radius 1 is 0.900 bits per heavy atom. The molecular formula is C18H35NO. The van der Waals surface area contributed by atoms with Gasteiger partial charge in [0.1, 0.15) is 0 Å². The van der Waals surface area contributed by atoms with Crippen LogP contribution in [0.15, 0.2) is 11.6 Å². The summed E-state index contributed by atoms with van der Waals surface area (Å²) in [7, 11) is 0. The number of primary amides is 1. The van der Waals surface area contributed by atoms with Crippen molar-refractivity contribution in [1.29, 1.82) is 0 Å². The quantitative estimate of drug-likeness (QED) is 0.358. The largest absolute Gasteiger partial charge is 0.366 e. The van der Waals surface area contributed by atoms with E-state index in [1.807, 2.05) is 6.08 Å². The van der Waals surface area contributed by atoms with Crippen LogP contribution in [-0.2, 0) is 4.79 Å². The molecular weight excluding hydrogens is 246 g/mol. The fraction of sp³-hybridized carbons (Fsp3) is 0.833. The number of carbonyl (C=O) groups excluding carboxylic acids is 1. The number of hydrogen-bond acceptors (Lipinski definition) is 1. The Labute approximate surface area is 126 Å². The molecule has 1 amide bonds. The van der Waals surface area contributed by atoms with Crippen LogP contribution >= 0.6 is 0 Å². The number of amides is 1. The number of unbranched alkanes of at least 4 members (excludes halogenated alkanes) is 9. The molecule has 118 valence electrons. The van der Waals surface area contributed by atoms with Crippen molar-refractivity contribution < 1.29 is 4.79 Å². The zero-order valence-electron chi connectivity index (χ0n) is 13.9. The van der Waals surface area contributed by atoms with Crippen molar-refractivity contribution in [3.05, 3.63) is 11.6 Å². The molecule has 20 heavy (non-hydrogen) atoms. The number of rotatable bonds is 13. The summed E-state index contributed by atoms with van der Waals surface area (Å²) >= 11 is 0. The van der Waals surface area contributed by atoms with Crippen LogP contribution < -0.4 is 5.73 Å². The van der Waals surface area contributed by atoms with E-state index in [9.17, 15) is 4.79 Å². The molecule has 0 saturated heterocycles. The van der Waals surface area contributed by atoms with Gasteiger partial charge in [-0.05, 0) is 25.7 Å². The molecule has 0 aliphatic rings. The Morgan fingerprint density at radius 2 is 1.35 bits per heavy atom. The molecule has 0 heterocycles. The molecule has 0 aliphatic heterocycles. The molecule has 0 bridgehead atoms. The first-order chi connectivity index (χ1) is 9.54. The molecule has 0 radical (unpaired) electrons. The standard InChI is InChI=1S/C18H35NO/c1-16(2)14-12-10-8-6-4-5-7-9-11-13-15-17(3)18(19)20/h15-16H,4-14H2,1-3H3,(H2,19,20)/b17-15+. The van der Waals surface area contributed by atoms with Crippen LogP contribution in [0.3, 0.4) is 0 Å². The first-order valence-electron chi connectivity index (χ1n) is 8.50. The maximum Gasteiger partial charge on any atom is 0.244 e. The minimum atomic E-state index is -0.289. The highest BCUT2D eigenvalue weighted by Crippen LogP contribution is 2.13. The van der Waals surface area contributed by atoms with Crippen LogP contribution in [0.1, 0.15) is 91.4 Å². The highest BCUT2D eigenvalue weighted by molar-refractivity contribution is 5.91. The van der Waals surface area contributed by atoms with Crippen LogP contribution in [0.2, 0.25) is 0 Å². The Bertz CT molecular complexity index is 269. The summed E-state index contributed by atoms with van der Waals surface area (Å²) in [5.41, 5.74) is 5.88. The van der Waals surface area contributed by atoms with Gasteiger partial charge >= 0.3 is 0 Å². The summed E-state index contributed by atoms with van der Waals surface area (Å²) in [6, 6.07) is 0. The third-order valence-electron chi connectivity index (χ3n) is 3.82. The van der Waals surface area contributed by atoms with Gasteiger partial charge < -0.3 is 5.73 Å². The molecule has 0 aliphatic carbocycles. The molecule has 0 rings (SSSR count). The fourth-order valence-corrected chi connectivity index (χ4v) is 2.35. The predicted octanol–water partition coefficient (Wildman–Crippen LogP) is 5.37. The SMILES string of the molecule is C/C(=C\CCCCCCCCCCCC(C)C)C(N)=O. The van der Waals surface area contributed by atoms with E-state index in [1.165, 1.54) is 64.2 Å². The average molecular weight is 281 g/mol. The lowest BCUT2D eigenvalue weighted by atomic mass is 10.0. The lowest BCUT2D eigenvalue weighted by molar-refractivity contribution is -0.114. The summed E-state index contributed by atoms with van der Waals surface area (Å²) in [6.07, 6.45) is 16.5. The van der Waals surface area contributed by atoms with E-state index in [1.54, 1.807) is 6.92 Å². The second kappa shape index (κ2) is 13.2. The maximum absolute atomic E-state index is 10.8. The number of nitrogens with two attached hydrogens (primary N) is 1. The Morgan fingerprint density at radius 3 is 1.80 bits per heavy atom. The lowest BCUT2D eigenvalue weighted by Crippen LogP contribution is -2.11. The highest BCUT2D eigenvalue weighted by atomic mass is 16.1. The number of allylic oxidation sites excluding steroid dienone is 1. The first kappa shape index (κ1) is 19.2. The minimum Gasteiger partial charge on any atom is -0.366 e. The van der Waals surface area contributed by atoms with Crippen LogP contribution in [0.4, 0.5) is 0 Å². The van der Waals surface area contributed by atoms with E-state index < -0.39 is 0 Å². The first-order valence-corrected chi connectivity index (χ1v) is 8.50. The second-order valence-corrected chi connectivity index (χ2v) is 6.40. The van der Waals surface area contributed by atoms with Crippen LogP contribution in [-0.4, -0.2) is 5.91 Å². The smallest absolute Gasteiger partial charge is 0.244 e. The summed E-state index contributed by atoms with van der Waals surface area (Å²) < 4.78 is 0. The van der Waals surface area contributed by atoms with Gasteiger partial charge in [0, 0.05) is 5.57 Å². The molecule has 0 aromatic carbocycles. The normalized spacial score (nSPS) is 12.1. The molecule has 2 nitrogen and oxygen atoms in total. The van der Waals surface area contributed by atoms with E-state index in [4.69, 9.17) is 5.73 Å². The van der Waals surface area contributed by atoms with Crippen molar-refractivity contribution >= 4 is 5.91 Å². The number of hydrogen-bond donors (Lipinski definition) is 1. The van der Waals surface area contributed by atoms with Gasteiger partial charge in [-0.25, -0.2) is 0 Å². The Balaban J connectivity index is 3.17. The molecule has 2 heteroatoms. The van der Waals surface area contributed by atoms with E-state index in [2.05, 4.69) is 13.8 Å². The van der Waals surface area contributed by atoms with E-state index in [0.29, 0.717) is 5.57 Å². The van der Waals surface area contributed by atoms with E-state index in [0.717, 1.165) is 12.3 Å². The molecule has 0 unspecified atom stereocenters. The van der Waals surface area contributed by atoms with Crippen molar-refractivity contribution in [3.8, 4) is 0 Å². The lowest BCUT2D eigenvalue weighted by Gasteiger charge is -2.04. The zero-order valence-corrected chi connectivity index (χ0v) is 13.9. The van der Waals surface area contributed by atoms with Gasteiger partial charge in [-0.1, -0.05) is 77.7 Å². The van der Waals surface area contributed by atoms with Crippen molar-refractivity contribution in [1.82, 2.24) is 0 Å². The summed E-state index contributed by atoms with van der Waals surface area (Å²) in [6.45, 7) is 6.40. The van der Waals surface area contributed by atoms with Gasteiger partial charge in [0.15, 0.2) is 0 Å². The van der Waals surface area contributed by atoms with Crippen molar-refractivity contribution in [2.45, 2.75) is 91.4 Å². The summed E-state index contributed by atoms with van der Waals surface area (Å²) in [5.74, 6) is 0.574. The topological polar surface area (TPSA) is 43.1 Å². The third-order valence-corrected chi connectivity index (χ3v) is 3.82. The number of carbonyl (C=O) groups is 1. The average Bonchev–Trinajstić information content (AvgIpc) is 2.39. The Hall–Kier alpha value is -0.790. The molecule has 0 atom stereocenters. The molecule has 0 aromatic heterocycles. The third kappa shape index (κ3) is 13.6. The van der Waals surface area contributed by atoms with Gasteiger partial charge in [0.25, 0.3) is 0 Å². The summed E-state index contributed by atoms with van der Waals surface area (Å²) in [4.78, 5) is 10.8. The molecule has 0 saturated carbocycles. The van der Waals surface area contributed by atoms with Gasteiger partial charge in [-0.3, -0.25) is 4.79 Å². The van der Waals surface area contributed by atoms with E-state index >= 15 is 0 Å². The van der Waals surface area contributed by atoms with Crippen LogP contribution in [0, 0.1) is 5.92 Å². The predicted molar refractivity (Wildman–Crippen MR) is 88.6 cm³/mol. The van der Waals surface area contributed by atoms with Crippen LogP contribution in [0.5, 0.6) is 0 Å². The molecule has 0 spiro atoms. The van der Waals surface area contributed by atoms with Crippen molar-refractivity contribution in [2.24, 2.45) is 11.7 Å². The minimum absolute atomic E-state index is 0.289. The van der Waals surface area contributed by atoms with Gasteiger partial charge in [0.2, 0.25) is 5.91 Å². The van der Waals surface area contributed by atoms with Crippen molar-refractivity contribution in [2.75, 3.05) is 0 Å². The highest BCUT2D eigenvalue weighted by Gasteiger charge is 1.97. The Kier molecular flexibility index (Phi) is 12.7. The maximum atomic E-state index is 10.8. The van der Waals surface area contributed by atoms with Crippen molar-refractivity contribution in [3.63, 3.8) is 0 Å². The van der Waals surface area contributed by atoms with E-state index in [-0.39, 0.29) is 5.91 Å². The molecule has 0 aromatic rings. The zero-order chi connectivity index (χ0) is 15.2. The fourth-order valence-electron chi connectivity index (χ4n) is 2.35. The molecule has 0 fully saturated rings. The molecule has 2 N–H and O–H groups in total. The summed E-state index contributed by atoms with van der Waals surface area (Å²) in [5, 5.41) is 0. The van der Waals surface area contributed by atoms with Gasteiger partial charge in [-0.15, -0.1) is 0 Å². The monoisotopic (exact) mass is 281 g/mol. The second-order valence-electron chi connectivity index (χ2n) is 6.40. The van der Waals surface area contributed by atoms with Gasteiger partial charge in [0.05, 0.1) is 0 Å². The van der Waals surface area contributed by atoms with Crippen LogP contribution in [0.25, 0.3) is 0 Å². The van der Waals surface area contributed by atoms with Gasteiger partial charge in [-0.2, -0.15) is 0 Å².